The van der Waals surface area contributed by atoms with Crippen LogP contribution in [-0.4, -0.2) is 78.6 Å². The van der Waals surface area contributed by atoms with Crippen molar-refractivity contribution >= 4 is 27.6 Å². The molecule has 0 saturated carbocycles. The number of hydrogen-bond donors (Lipinski definition) is 4. The highest BCUT2D eigenvalue weighted by molar-refractivity contribution is 5.97. The minimum absolute atomic E-state index is 0.405. The lowest BCUT2D eigenvalue weighted by Gasteiger charge is -2.14. The molecule has 0 fully saturated rings. The predicted octanol–water partition coefficient (Wildman–Crippen LogP) is 5.63. The normalized spacial score (nSPS) is 12.3. The van der Waals surface area contributed by atoms with Crippen molar-refractivity contribution in [3.63, 3.8) is 0 Å². The van der Waals surface area contributed by atoms with E-state index in [0.717, 1.165) is 29.3 Å². The molecule has 6 aromatic rings. The number of aromatic amines is 2. The van der Waals surface area contributed by atoms with Crippen LogP contribution in [0.3, 0.4) is 0 Å². The Hall–Kier alpha value is -4.94. The lowest BCUT2D eigenvalue weighted by Crippen LogP contribution is -2.19. The number of aromatic nitrogens is 7. The predicted molar refractivity (Wildman–Crippen MR) is 169 cm³/mol. The zero-order chi connectivity index (χ0) is 30.6. The van der Waals surface area contributed by atoms with Crippen LogP contribution < -0.4 is 10.1 Å². The van der Waals surface area contributed by atoms with Gasteiger partial charge in [-0.15, -0.1) is 0 Å². The summed E-state index contributed by atoms with van der Waals surface area (Å²) in [6.45, 7) is 3.24. The molecule has 1 unspecified atom stereocenters. The Bertz CT molecular complexity index is 1900. The number of aliphatic hydroxyl groups is 1. The minimum Gasteiger partial charge on any atom is -0.492 e. The van der Waals surface area contributed by atoms with Crippen LogP contribution in [0.15, 0.2) is 61.3 Å². The summed E-state index contributed by atoms with van der Waals surface area (Å²) in [5.74, 6) is 0.568. The summed E-state index contributed by atoms with van der Waals surface area (Å²) in [6, 6.07) is 8.46. The number of rotatable bonds is 12. The van der Waals surface area contributed by atoms with E-state index in [1.165, 1.54) is 12.1 Å². The average molecular weight is 596 g/mol. The number of imidazole rings is 1. The number of nitrogens with zero attached hydrogens (tertiary/aromatic N) is 6. The summed E-state index contributed by atoms with van der Waals surface area (Å²) >= 11 is 0. The highest BCUT2D eigenvalue weighted by Gasteiger charge is 2.18. The van der Waals surface area contributed by atoms with Crippen molar-refractivity contribution in [2.24, 2.45) is 0 Å². The monoisotopic (exact) mass is 595 g/mol. The molecule has 0 radical (unpaired) electrons. The van der Waals surface area contributed by atoms with Gasteiger partial charge in [-0.05, 0) is 56.8 Å². The summed E-state index contributed by atoms with van der Waals surface area (Å²) in [7, 11) is 3.91. The molecule has 11 nitrogen and oxygen atoms in total. The Balaban J connectivity index is 1.32. The second-order valence-corrected chi connectivity index (χ2v) is 10.9. The molecule has 0 bridgehead atoms. The molecule has 12 heteroatoms. The number of anilines is 1. The number of pyridine rings is 3. The van der Waals surface area contributed by atoms with Crippen LogP contribution in [0, 0.1) is 5.82 Å². The van der Waals surface area contributed by atoms with E-state index < -0.39 is 12.0 Å². The van der Waals surface area contributed by atoms with Gasteiger partial charge >= 0.3 is 0 Å². The fourth-order valence-electron chi connectivity index (χ4n) is 4.98. The van der Waals surface area contributed by atoms with Gasteiger partial charge in [-0.1, -0.05) is 13.3 Å². The Morgan fingerprint density at radius 3 is 2.70 bits per heavy atom. The number of fused-ring (bicyclic) bond motifs is 2. The van der Waals surface area contributed by atoms with Crippen LogP contribution >= 0.6 is 0 Å². The third-order valence-corrected chi connectivity index (χ3v) is 7.25. The van der Waals surface area contributed by atoms with Crippen molar-refractivity contribution in [3.8, 4) is 39.7 Å². The molecule has 1 aromatic carbocycles. The number of unbranched alkanes of at least 4 members (excludes halogenated alkanes) is 1. The molecule has 1 atom stereocenters. The van der Waals surface area contributed by atoms with Gasteiger partial charge in [0.1, 0.15) is 30.1 Å². The van der Waals surface area contributed by atoms with Crippen LogP contribution in [0.25, 0.3) is 55.8 Å². The lowest BCUT2D eigenvalue weighted by molar-refractivity contribution is 0.190. The van der Waals surface area contributed by atoms with Crippen molar-refractivity contribution < 1.29 is 14.2 Å². The zero-order valence-electron chi connectivity index (χ0n) is 24.8. The number of likely N-dealkylation sites (N-methyl/N-ethyl adjacent to an activating group) is 1. The van der Waals surface area contributed by atoms with E-state index in [2.05, 4.69) is 42.4 Å². The van der Waals surface area contributed by atoms with Gasteiger partial charge in [-0.25, -0.2) is 9.37 Å². The molecule has 0 spiro atoms. The van der Waals surface area contributed by atoms with Crippen molar-refractivity contribution in [2.45, 2.75) is 32.4 Å². The summed E-state index contributed by atoms with van der Waals surface area (Å²) < 4.78 is 20.4. The number of H-pyrrole nitrogens is 2. The van der Waals surface area contributed by atoms with Gasteiger partial charge in [0.15, 0.2) is 5.82 Å². The first kappa shape index (κ1) is 29.1. The number of ether oxygens (including phenoxy) is 1. The fourth-order valence-corrected chi connectivity index (χ4v) is 4.98. The van der Waals surface area contributed by atoms with Crippen LogP contribution in [0.2, 0.25) is 0 Å². The Morgan fingerprint density at radius 2 is 1.86 bits per heavy atom. The topological polar surface area (TPSA) is 141 Å². The van der Waals surface area contributed by atoms with E-state index in [4.69, 9.17) is 9.72 Å². The quantitative estimate of drug-likeness (QED) is 0.133. The van der Waals surface area contributed by atoms with E-state index in [1.54, 1.807) is 37.1 Å². The van der Waals surface area contributed by atoms with E-state index in [0.29, 0.717) is 70.4 Å². The Morgan fingerprint density at radius 1 is 1.00 bits per heavy atom. The molecule has 5 heterocycles. The van der Waals surface area contributed by atoms with Crippen LogP contribution in [0.4, 0.5) is 10.1 Å². The smallest absolute Gasteiger partial charge is 0.159 e. The van der Waals surface area contributed by atoms with E-state index >= 15 is 0 Å². The average Bonchev–Trinajstić information content (AvgIpc) is 3.63. The number of hydrogen-bond acceptors (Lipinski definition) is 9. The van der Waals surface area contributed by atoms with E-state index in [-0.39, 0.29) is 0 Å². The van der Waals surface area contributed by atoms with Gasteiger partial charge in [-0.3, -0.25) is 20.1 Å². The molecule has 4 N–H and O–H groups in total. The Labute approximate surface area is 253 Å². The molecule has 0 aliphatic carbocycles. The van der Waals surface area contributed by atoms with Gasteiger partial charge in [0.05, 0.1) is 46.5 Å². The summed E-state index contributed by atoms with van der Waals surface area (Å²) in [5, 5.41) is 21.8. The molecule has 5 aromatic heterocycles. The molecule has 6 rings (SSSR count). The van der Waals surface area contributed by atoms with Gasteiger partial charge in [0.2, 0.25) is 0 Å². The van der Waals surface area contributed by atoms with Gasteiger partial charge in [0, 0.05) is 41.5 Å². The molecule has 0 saturated heterocycles. The number of benzene rings is 1. The third kappa shape index (κ3) is 6.36. The van der Waals surface area contributed by atoms with E-state index in [9.17, 15) is 9.50 Å². The van der Waals surface area contributed by atoms with Gasteiger partial charge in [0.25, 0.3) is 0 Å². The highest BCUT2D eigenvalue weighted by Crippen LogP contribution is 2.34. The molecular formula is C32H34FN9O2. The maximum atomic E-state index is 14.6. The molecule has 0 aliphatic heterocycles. The van der Waals surface area contributed by atoms with Crippen LogP contribution in [0.5, 0.6) is 5.75 Å². The van der Waals surface area contributed by atoms with Crippen LogP contribution in [-0.2, 0) is 0 Å². The van der Waals surface area contributed by atoms with Crippen LogP contribution in [0.1, 0.15) is 26.2 Å². The number of aliphatic hydroxyl groups excluding tert-OH is 1. The third-order valence-electron chi connectivity index (χ3n) is 7.25. The second-order valence-electron chi connectivity index (χ2n) is 10.9. The summed E-state index contributed by atoms with van der Waals surface area (Å²) in [4.78, 5) is 23.5. The number of nitrogens with one attached hydrogen (secondary N) is 3. The second kappa shape index (κ2) is 12.7. The first-order chi connectivity index (χ1) is 21.4. The summed E-state index contributed by atoms with van der Waals surface area (Å²) in [6.07, 6.45) is 10.4. The van der Waals surface area contributed by atoms with Crippen molar-refractivity contribution in [2.75, 3.05) is 32.6 Å². The van der Waals surface area contributed by atoms with Crippen molar-refractivity contribution in [1.82, 2.24) is 40.0 Å². The SMILES string of the molecule is CCCCC(O)Nc1cncc(-c2cc3c(-c4nc5c(-c6cc(F)cc(OCCN(C)C)c6)cncc5[nH]4)n[nH]c3cn2)c1. The maximum absolute atomic E-state index is 14.6. The minimum atomic E-state index is -0.648. The van der Waals surface area contributed by atoms with Crippen molar-refractivity contribution in [1.29, 1.82) is 0 Å². The fraction of sp³-hybridized carbons (Fsp3) is 0.281. The highest BCUT2D eigenvalue weighted by atomic mass is 19.1. The molecule has 226 valence electrons. The van der Waals surface area contributed by atoms with Gasteiger partial charge < -0.3 is 25.0 Å². The summed E-state index contributed by atoms with van der Waals surface area (Å²) in [5.41, 5.74) is 6.14. The van der Waals surface area contributed by atoms with Gasteiger partial charge in [-0.2, -0.15) is 5.10 Å². The molecular weight excluding hydrogens is 561 g/mol. The maximum Gasteiger partial charge on any atom is 0.159 e. The first-order valence-electron chi connectivity index (χ1n) is 14.5. The number of halogens is 1. The zero-order valence-corrected chi connectivity index (χ0v) is 24.8. The largest absolute Gasteiger partial charge is 0.492 e. The standard InChI is InChI=1S/C32H34FN9O2/c1-4-5-6-29(43)37-22-10-20(14-34-15-22)26-13-24-27(18-36-26)40-41-31(24)32-38-28-17-35-16-25(30(28)39-32)19-9-21(33)12-23(11-19)44-8-7-42(2)3/h9-18,29,37,43H,4-8H2,1-3H3,(H,38,39)(H,40,41). The Kier molecular flexibility index (Phi) is 8.44. The van der Waals surface area contributed by atoms with Crippen molar-refractivity contribution in [3.05, 3.63) is 67.1 Å². The molecule has 44 heavy (non-hydrogen) atoms. The lowest BCUT2D eigenvalue weighted by atomic mass is 10.1. The first-order valence-corrected chi connectivity index (χ1v) is 14.5. The molecule has 0 aliphatic rings. The van der Waals surface area contributed by atoms with E-state index in [1.807, 2.05) is 31.1 Å². The molecule has 0 amide bonds.